The minimum atomic E-state index is -1.34. The second-order valence-electron chi connectivity index (χ2n) is 4.69. The van der Waals surface area contributed by atoms with E-state index >= 15 is 0 Å². The highest BCUT2D eigenvalue weighted by molar-refractivity contribution is 6.19. The summed E-state index contributed by atoms with van der Waals surface area (Å²) in [6, 6.07) is 8.79. The highest BCUT2D eigenvalue weighted by Gasteiger charge is 2.41. The van der Waals surface area contributed by atoms with E-state index in [1.54, 1.807) is 30.3 Å². The van der Waals surface area contributed by atoms with Crippen molar-refractivity contribution in [3.8, 4) is 0 Å². The molecule has 0 saturated carbocycles. The number of aliphatic hydroxyl groups is 2. The summed E-state index contributed by atoms with van der Waals surface area (Å²) in [7, 11) is 1.25. The van der Waals surface area contributed by atoms with Crippen LogP contribution < -0.4 is 0 Å². The van der Waals surface area contributed by atoms with Crippen molar-refractivity contribution in [1.29, 1.82) is 0 Å². The van der Waals surface area contributed by atoms with Crippen LogP contribution in [-0.4, -0.2) is 47.9 Å². The van der Waals surface area contributed by atoms with Gasteiger partial charge in [0.1, 0.15) is 18.3 Å². The maximum Gasteiger partial charge on any atom is 0.346 e. The first kappa shape index (κ1) is 16.2. The van der Waals surface area contributed by atoms with Gasteiger partial charge in [0.15, 0.2) is 17.6 Å². The molecule has 22 heavy (non-hydrogen) atoms. The van der Waals surface area contributed by atoms with E-state index in [4.69, 9.17) is 4.74 Å². The lowest BCUT2D eigenvalue weighted by Gasteiger charge is -2.16. The molecule has 1 aliphatic rings. The van der Waals surface area contributed by atoms with Gasteiger partial charge in [-0.2, -0.15) is 0 Å². The Morgan fingerprint density at radius 3 is 2.68 bits per heavy atom. The first-order valence-corrected chi connectivity index (χ1v) is 6.59. The van der Waals surface area contributed by atoms with Gasteiger partial charge in [-0.05, 0) is 5.56 Å². The third kappa shape index (κ3) is 3.51. The molecule has 0 amide bonds. The Morgan fingerprint density at radius 2 is 2.05 bits per heavy atom. The van der Waals surface area contributed by atoms with E-state index in [2.05, 4.69) is 9.78 Å². The van der Waals surface area contributed by atoms with E-state index in [1.807, 2.05) is 0 Å². The molecule has 2 N–H and O–H groups in total. The van der Waals surface area contributed by atoms with Crippen LogP contribution in [-0.2, 0) is 30.5 Å². The molecule has 0 bridgehead atoms. The molecular weight excluding hydrogens is 292 g/mol. The molecule has 1 aliphatic heterocycles. The van der Waals surface area contributed by atoms with Crippen LogP contribution >= 0.6 is 0 Å². The maximum absolute atomic E-state index is 12.2. The van der Waals surface area contributed by atoms with Crippen LogP contribution in [0.5, 0.6) is 0 Å². The maximum atomic E-state index is 12.2. The SMILES string of the molecule is COOCC(O)C1OC(=O)C(C(=O)Cc2ccccc2)=C1O. The highest BCUT2D eigenvalue weighted by atomic mass is 17.2. The normalized spacial score (nSPS) is 19.2. The molecule has 0 aromatic heterocycles. The zero-order valence-electron chi connectivity index (χ0n) is 11.9. The molecule has 0 saturated heterocycles. The number of rotatable bonds is 7. The van der Waals surface area contributed by atoms with Crippen LogP contribution in [0.3, 0.4) is 0 Å². The molecule has 2 rings (SSSR count). The minimum Gasteiger partial charge on any atom is -0.507 e. The number of hydrogen-bond donors (Lipinski definition) is 2. The number of hydrogen-bond acceptors (Lipinski definition) is 7. The van der Waals surface area contributed by atoms with Crippen LogP contribution in [0.15, 0.2) is 41.7 Å². The van der Waals surface area contributed by atoms with Gasteiger partial charge in [-0.15, -0.1) is 0 Å². The monoisotopic (exact) mass is 308 g/mol. The largest absolute Gasteiger partial charge is 0.507 e. The number of aliphatic hydroxyl groups excluding tert-OH is 2. The smallest absolute Gasteiger partial charge is 0.346 e. The summed E-state index contributed by atoms with van der Waals surface area (Å²) in [4.78, 5) is 32.8. The average Bonchev–Trinajstić information content (AvgIpc) is 2.80. The van der Waals surface area contributed by atoms with E-state index in [0.29, 0.717) is 5.56 Å². The van der Waals surface area contributed by atoms with Gasteiger partial charge in [0.2, 0.25) is 0 Å². The standard InChI is InChI=1S/C15H16O7/c1-20-21-8-11(17)14-13(18)12(15(19)22-14)10(16)7-9-5-3-2-4-6-9/h2-6,11,14,17-18H,7-8H2,1H3. The van der Waals surface area contributed by atoms with Gasteiger partial charge in [0.05, 0.1) is 7.11 Å². The van der Waals surface area contributed by atoms with Crippen LogP contribution in [0.2, 0.25) is 0 Å². The number of cyclic esters (lactones) is 1. The van der Waals surface area contributed by atoms with Crippen molar-refractivity contribution < 1.29 is 34.3 Å². The van der Waals surface area contributed by atoms with E-state index in [-0.39, 0.29) is 13.0 Å². The van der Waals surface area contributed by atoms with Gasteiger partial charge < -0.3 is 14.9 Å². The number of ether oxygens (including phenoxy) is 1. The molecule has 1 heterocycles. The van der Waals surface area contributed by atoms with Crippen LogP contribution in [0.4, 0.5) is 0 Å². The Balaban J connectivity index is 2.12. The number of benzene rings is 1. The third-order valence-corrected chi connectivity index (χ3v) is 3.16. The first-order valence-electron chi connectivity index (χ1n) is 6.59. The van der Waals surface area contributed by atoms with Crippen molar-refractivity contribution in [3.63, 3.8) is 0 Å². The van der Waals surface area contributed by atoms with Crippen molar-refractivity contribution >= 4 is 11.8 Å². The van der Waals surface area contributed by atoms with E-state index in [9.17, 15) is 19.8 Å². The van der Waals surface area contributed by atoms with Crippen LogP contribution in [0.1, 0.15) is 5.56 Å². The van der Waals surface area contributed by atoms with E-state index < -0.39 is 35.3 Å². The molecule has 1 aromatic rings. The quantitative estimate of drug-likeness (QED) is 0.327. The van der Waals surface area contributed by atoms with Gasteiger partial charge in [0, 0.05) is 6.42 Å². The van der Waals surface area contributed by atoms with E-state index in [1.165, 1.54) is 7.11 Å². The molecule has 1 aromatic carbocycles. The molecule has 2 unspecified atom stereocenters. The molecule has 2 atom stereocenters. The zero-order chi connectivity index (χ0) is 16.1. The van der Waals surface area contributed by atoms with Gasteiger partial charge in [-0.25, -0.2) is 14.6 Å². The van der Waals surface area contributed by atoms with Crippen molar-refractivity contribution in [2.45, 2.75) is 18.6 Å². The summed E-state index contributed by atoms with van der Waals surface area (Å²) < 4.78 is 4.83. The fourth-order valence-electron chi connectivity index (χ4n) is 2.09. The lowest BCUT2D eigenvalue weighted by Crippen LogP contribution is -2.32. The first-order chi connectivity index (χ1) is 10.5. The highest BCUT2D eigenvalue weighted by Crippen LogP contribution is 2.25. The lowest BCUT2D eigenvalue weighted by atomic mass is 10.0. The number of ketones is 1. The molecule has 118 valence electrons. The Hall–Kier alpha value is -2.22. The predicted molar refractivity (Wildman–Crippen MR) is 73.7 cm³/mol. The number of esters is 1. The van der Waals surface area contributed by atoms with Gasteiger partial charge in [0.25, 0.3) is 0 Å². The molecule has 0 fully saturated rings. The molecule has 7 nitrogen and oxygen atoms in total. The van der Waals surface area contributed by atoms with E-state index in [0.717, 1.165) is 0 Å². The Labute approximate surface area is 126 Å². The summed E-state index contributed by atoms with van der Waals surface area (Å²) >= 11 is 0. The molecular formula is C15H16O7. The molecule has 0 radical (unpaired) electrons. The summed E-state index contributed by atoms with van der Waals surface area (Å²) in [5, 5.41) is 19.8. The van der Waals surface area contributed by atoms with Crippen LogP contribution in [0.25, 0.3) is 0 Å². The van der Waals surface area contributed by atoms with Gasteiger partial charge in [-0.1, -0.05) is 30.3 Å². The van der Waals surface area contributed by atoms with Crippen molar-refractivity contribution in [1.82, 2.24) is 0 Å². The number of carbonyl (C=O) groups is 2. The topological polar surface area (TPSA) is 102 Å². The second kappa shape index (κ2) is 7.17. The van der Waals surface area contributed by atoms with Crippen molar-refractivity contribution in [3.05, 3.63) is 47.2 Å². The Morgan fingerprint density at radius 1 is 1.36 bits per heavy atom. The lowest BCUT2D eigenvalue weighted by molar-refractivity contribution is -0.288. The summed E-state index contributed by atoms with van der Waals surface area (Å²) in [5.74, 6) is -2.12. The van der Waals surface area contributed by atoms with Gasteiger partial charge in [-0.3, -0.25) is 4.79 Å². The molecule has 0 aliphatic carbocycles. The second-order valence-corrected chi connectivity index (χ2v) is 4.69. The summed E-state index contributed by atoms with van der Waals surface area (Å²) in [5.41, 5.74) is 0.262. The zero-order valence-corrected chi connectivity index (χ0v) is 11.9. The summed E-state index contributed by atoms with van der Waals surface area (Å²) in [6.45, 7) is -0.321. The van der Waals surface area contributed by atoms with Crippen molar-refractivity contribution in [2.75, 3.05) is 13.7 Å². The van der Waals surface area contributed by atoms with Gasteiger partial charge >= 0.3 is 5.97 Å². The third-order valence-electron chi connectivity index (χ3n) is 3.16. The summed E-state index contributed by atoms with van der Waals surface area (Å²) in [6.07, 6.45) is -2.73. The van der Waals surface area contributed by atoms with Crippen molar-refractivity contribution in [2.24, 2.45) is 0 Å². The molecule has 0 spiro atoms. The fraction of sp³-hybridized carbons (Fsp3) is 0.333. The Bertz CT molecular complexity index is 579. The minimum absolute atomic E-state index is 0.0489. The number of carbonyl (C=O) groups excluding carboxylic acids is 2. The fourth-order valence-corrected chi connectivity index (χ4v) is 2.09. The number of Topliss-reactive ketones (excluding diaryl/α,β-unsaturated/α-hetero) is 1. The Kier molecular flexibility index (Phi) is 5.26. The predicted octanol–water partition coefficient (Wildman–Crippen LogP) is 0.475. The molecule has 7 heteroatoms. The average molecular weight is 308 g/mol. The van der Waals surface area contributed by atoms with Crippen LogP contribution in [0, 0.1) is 0 Å².